The van der Waals surface area contributed by atoms with Crippen LogP contribution in [0.2, 0.25) is 0 Å². The molecule has 2 aromatic heterocycles. The second kappa shape index (κ2) is 8.88. The molecular weight excluding hydrogens is 380 g/mol. The summed E-state index contributed by atoms with van der Waals surface area (Å²) in [5.74, 6) is 1.56. The molecule has 0 bridgehead atoms. The van der Waals surface area contributed by atoms with Crippen molar-refractivity contribution in [2.24, 2.45) is 5.92 Å². The molecule has 0 saturated heterocycles. The summed E-state index contributed by atoms with van der Waals surface area (Å²) in [5, 5.41) is 9.90. The average molecular weight is 402 g/mol. The number of nitrogens with zero attached hydrogens (tertiary/aromatic N) is 2. The molecule has 0 N–H and O–H groups in total. The Morgan fingerprint density at radius 2 is 2.00 bits per heavy atom. The molecule has 2 heterocycles. The van der Waals surface area contributed by atoms with Crippen LogP contribution in [0.4, 0.5) is 0 Å². The zero-order valence-corrected chi connectivity index (χ0v) is 17.0. The molecule has 0 aliphatic carbocycles. The summed E-state index contributed by atoms with van der Waals surface area (Å²) in [4.78, 5) is 13.4. The Bertz CT molecular complexity index is 921. The highest BCUT2D eigenvalue weighted by molar-refractivity contribution is 7.13. The predicted molar refractivity (Wildman–Crippen MR) is 105 cm³/mol. The summed E-state index contributed by atoms with van der Waals surface area (Å²) in [5.41, 5.74) is 0.346. The third-order valence-corrected chi connectivity index (χ3v) is 4.63. The molecule has 1 aromatic carbocycles. The van der Waals surface area contributed by atoms with Crippen molar-refractivity contribution in [3.05, 3.63) is 47.2 Å². The minimum Gasteiger partial charge on any atom is -0.493 e. The summed E-state index contributed by atoms with van der Waals surface area (Å²) in [6, 6.07) is 8.71. The van der Waals surface area contributed by atoms with E-state index in [1.54, 1.807) is 25.1 Å². The van der Waals surface area contributed by atoms with E-state index < -0.39 is 12.1 Å². The lowest BCUT2D eigenvalue weighted by Crippen LogP contribution is -2.10. The van der Waals surface area contributed by atoms with Crippen LogP contribution >= 0.6 is 11.3 Å². The van der Waals surface area contributed by atoms with Crippen LogP contribution in [0.5, 0.6) is 11.5 Å². The zero-order valence-electron chi connectivity index (χ0n) is 16.2. The monoisotopic (exact) mass is 402 g/mol. The number of benzene rings is 1. The molecule has 148 valence electrons. The number of hydrogen-bond acceptors (Lipinski definition) is 8. The van der Waals surface area contributed by atoms with Gasteiger partial charge in [0.1, 0.15) is 0 Å². The Morgan fingerprint density at radius 3 is 2.68 bits per heavy atom. The normalized spacial score (nSPS) is 12.0. The van der Waals surface area contributed by atoms with Crippen molar-refractivity contribution in [3.8, 4) is 22.3 Å². The van der Waals surface area contributed by atoms with Crippen molar-refractivity contribution in [1.29, 1.82) is 0 Å². The van der Waals surface area contributed by atoms with Gasteiger partial charge in [-0.1, -0.05) is 19.9 Å². The van der Waals surface area contributed by atoms with E-state index in [4.69, 9.17) is 18.6 Å². The molecule has 28 heavy (non-hydrogen) atoms. The second-order valence-electron chi connectivity index (χ2n) is 6.54. The highest BCUT2D eigenvalue weighted by atomic mass is 32.1. The van der Waals surface area contributed by atoms with Crippen molar-refractivity contribution < 1.29 is 23.4 Å². The van der Waals surface area contributed by atoms with Crippen molar-refractivity contribution in [2.45, 2.75) is 26.9 Å². The number of hydrogen-bond donors (Lipinski definition) is 0. The number of ether oxygens (including phenoxy) is 3. The summed E-state index contributed by atoms with van der Waals surface area (Å²) >= 11 is 1.49. The maximum atomic E-state index is 12.5. The van der Waals surface area contributed by atoms with Gasteiger partial charge in [-0.05, 0) is 42.5 Å². The van der Waals surface area contributed by atoms with Crippen LogP contribution in [0.15, 0.2) is 40.1 Å². The highest BCUT2D eigenvalue weighted by Gasteiger charge is 2.21. The molecule has 0 saturated carbocycles. The van der Waals surface area contributed by atoms with E-state index in [1.165, 1.54) is 18.4 Å². The fourth-order valence-electron chi connectivity index (χ4n) is 2.35. The minimum absolute atomic E-state index is 0.237. The molecule has 1 atom stereocenters. The first-order chi connectivity index (χ1) is 13.5. The molecule has 3 rings (SSSR count). The van der Waals surface area contributed by atoms with Gasteiger partial charge in [0, 0.05) is 0 Å². The maximum absolute atomic E-state index is 12.5. The Morgan fingerprint density at radius 1 is 1.18 bits per heavy atom. The molecule has 0 radical (unpaired) electrons. The molecule has 3 aromatic rings. The SMILES string of the molecule is COc1cc(C(=O)O[C@@H](C)c2nnc(-c3cccs3)o2)ccc1OCC(C)C. The van der Waals surface area contributed by atoms with Gasteiger partial charge in [-0.3, -0.25) is 0 Å². The van der Waals surface area contributed by atoms with Crippen molar-refractivity contribution in [1.82, 2.24) is 10.2 Å². The fourth-order valence-corrected chi connectivity index (χ4v) is 2.99. The van der Waals surface area contributed by atoms with E-state index in [-0.39, 0.29) is 5.89 Å². The first-order valence-corrected chi connectivity index (χ1v) is 9.75. The predicted octanol–water partition coefficient (Wildman–Crippen LogP) is 4.76. The van der Waals surface area contributed by atoms with Gasteiger partial charge in [0.2, 0.25) is 0 Å². The third-order valence-electron chi connectivity index (χ3n) is 3.78. The lowest BCUT2D eigenvalue weighted by Gasteiger charge is -2.14. The Labute approximate surface area is 167 Å². The van der Waals surface area contributed by atoms with E-state index in [1.807, 2.05) is 17.5 Å². The average Bonchev–Trinajstić information content (AvgIpc) is 3.37. The van der Waals surface area contributed by atoms with E-state index in [9.17, 15) is 4.79 Å². The standard InChI is InChI=1S/C20H22N2O5S/c1-12(2)11-25-15-8-7-14(10-16(15)24-4)20(23)26-13(3)18-21-22-19(27-18)17-6-5-9-28-17/h5-10,12-13H,11H2,1-4H3/t13-/m0/s1. The first-order valence-electron chi connectivity index (χ1n) is 8.87. The smallest absolute Gasteiger partial charge is 0.339 e. The van der Waals surface area contributed by atoms with Crippen molar-refractivity contribution in [3.63, 3.8) is 0 Å². The number of rotatable bonds is 8. The van der Waals surface area contributed by atoms with Crippen LogP contribution in [0, 0.1) is 5.92 Å². The van der Waals surface area contributed by atoms with Crippen LogP contribution in [0.25, 0.3) is 10.8 Å². The van der Waals surface area contributed by atoms with E-state index >= 15 is 0 Å². The second-order valence-corrected chi connectivity index (χ2v) is 7.49. The van der Waals surface area contributed by atoms with Crippen LogP contribution in [-0.2, 0) is 4.74 Å². The topological polar surface area (TPSA) is 83.7 Å². The Hall–Kier alpha value is -2.87. The van der Waals surface area contributed by atoms with Gasteiger partial charge in [0.05, 0.1) is 24.2 Å². The quantitative estimate of drug-likeness (QED) is 0.502. The van der Waals surface area contributed by atoms with E-state index in [2.05, 4.69) is 24.0 Å². The molecule has 0 aliphatic rings. The Balaban J connectivity index is 1.68. The summed E-state index contributed by atoms with van der Waals surface area (Å²) in [7, 11) is 1.53. The van der Waals surface area contributed by atoms with Gasteiger partial charge < -0.3 is 18.6 Å². The van der Waals surface area contributed by atoms with Gasteiger partial charge in [-0.2, -0.15) is 0 Å². The largest absolute Gasteiger partial charge is 0.493 e. The number of aromatic nitrogens is 2. The first kappa shape index (κ1) is 19.9. The number of methoxy groups -OCH3 is 1. The van der Waals surface area contributed by atoms with Gasteiger partial charge in [-0.15, -0.1) is 21.5 Å². The van der Waals surface area contributed by atoms with E-state index in [0.29, 0.717) is 35.5 Å². The maximum Gasteiger partial charge on any atom is 0.339 e. The van der Waals surface area contributed by atoms with Crippen LogP contribution in [0.3, 0.4) is 0 Å². The van der Waals surface area contributed by atoms with Crippen LogP contribution in [-0.4, -0.2) is 29.9 Å². The van der Waals surface area contributed by atoms with E-state index in [0.717, 1.165) is 4.88 Å². The van der Waals surface area contributed by atoms with Crippen LogP contribution in [0.1, 0.15) is 43.1 Å². The number of thiophene rings is 1. The molecular formula is C20H22N2O5S. The fraction of sp³-hybridized carbons (Fsp3) is 0.350. The van der Waals surface area contributed by atoms with Gasteiger partial charge >= 0.3 is 5.97 Å². The number of esters is 1. The van der Waals surface area contributed by atoms with Crippen molar-refractivity contribution in [2.75, 3.05) is 13.7 Å². The molecule has 0 amide bonds. The van der Waals surface area contributed by atoms with Crippen molar-refractivity contribution >= 4 is 17.3 Å². The summed E-state index contributed by atoms with van der Waals surface area (Å²) in [6.07, 6.45) is -0.684. The third kappa shape index (κ3) is 4.69. The Kier molecular flexibility index (Phi) is 6.30. The molecule has 0 fully saturated rings. The number of carbonyl (C=O) groups excluding carboxylic acids is 1. The molecule has 0 aliphatic heterocycles. The molecule has 8 heteroatoms. The lowest BCUT2D eigenvalue weighted by molar-refractivity contribution is 0.0279. The van der Waals surface area contributed by atoms with Gasteiger partial charge in [0.15, 0.2) is 17.6 Å². The minimum atomic E-state index is -0.684. The molecule has 0 spiro atoms. The molecule has 7 nitrogen and oxygen atoms in total. The highest BCUT2D eigenvalue weighted by Crippen LogP contribution is 2.30. The van der Waals surface area contributed by atoms with Crippen LogP contribution < -0.4 is 9.47 Å². The van der Waals surface area contributed by atoms with Gasteiger partial charge in [0.25, 0.3) is 11.8 Å². The summed E-state index contributed by atoms with van der Waals surface area (Å²) < 4.78 is 22.1. The zero-order chi connectivity index (χ0) is 20.1. The summed E-state index contributed by atoms with van der Waals surface area (Å²) in [6.45, 7) is 6.35. The molecule has 0 unspecified atom stereocenters. The lowest BCUT2D eigenvalue weighted by atomic mass is 10.2. The van der Waals surface area contributed by atoms with Gasteiger partial charge in [-0.25, -0.2) is 4.79 Å². The number of carbonyl (C=O) groups is 1.